The summed E-state index contributed by atoms with van der Waals surface area (Å²) in [4.78, 5) is 11.3. The summed E-state index contributed by atoms with van der Waals surface area (Å²) in [6, 6.07) is 0. The first-order valence-electron chi connectivity index (χ1n) is 6.79. The van der Waals surface area contributed by atoms with Crippen molar-refractivity contribution in [1.29, 1.82) is 0 Å². The summed E-state index contributed by atoms with van der Waals surface area (Å²) in [5.41, 5.74) is 5.35. The molecule has 17 heavy (non-hydrogen) atoms. The van der Waals surface area contributed by atoms with Crippen molar-refractivity contribution in [2.45, 2.75) is 57.8 Å². The van der Waals surface area contributed by atoms with Crippen LogP contribution in [0.2, 0.25) is 0 Å². The minimum absolute atomic E-state index is 0. The maximum atomic E-state index is 11.3. The smallest absolute Gasteiger partial charge is 0.220 e. The maximum Gasteiger partial charge on any atom is 0.220 e. The third kappa shape index (κ3) is 8.44. The molecule has 0 aliphatic heterocycles. The van der Waals surface area contributed by atoms with Gasteiger partial charge in [-0.1, -0.05) is 32.1 Å². The average molecular weight is 263 g/mol. The Labute approximate surface area is 111 Å². The van der Waals surface area contributed by atoms with Crippen molar-refractivity contribution in [1.82, 2.24) is 5.32 Å². The fourth-order valence-electron chi connectivity index (χ4n) is 2.45. The van der Waals surface area contributed by atoms with Crippen LogP contribution in [-0.4, -0.2) is 19.0 Å². The topological polar surface area (TPSA) is 55.1 Å². The summed E-state index contributed by atoms with van der Waals surface area (Å²) >= 11 is 0. The number of hydrogen-bond donors (Lipinski definition) is 2. The van der Waals surface area contributed by atoms with E-state index >= 15 is 0 Å². The second-order valence-corrected chi connectivity index (χ2v) is 4.89. The lowest BCUT2D eigenvalue weighted by molar-refractivity contribution is -0.121. The van der Waals surface area contributed by atoms with Gasteiger partial charge in [-0.2, -0.15) is 0 Å². The van der Waals surface area contributed by atoms with E-state index in [0.29, 0.717) is 13.0 Å². The normalized spacial score (nSPS) is 16.3. The Bertz CT molecular complexity index is 194. The van der Waals surface area contributed by atoms with Gasteiger partial charge in [-0.15, -0.1) is 12.4 Å². The fraction of sp³-hybridized carbons (Fsp3) is 0.923. The summed E-state index contributed by atoms with van der Waals surface area (Å²) in [7, 11) is 0. The summed E-state index contributed by atoms with van der Waals surface area (Å²) in [6.45, 7) is 1.45. The molecule has 3 N–H and O–H groups in total. The maximum absolute atomic E-state index is 11.3. The zero-order chi connectivity index (χ0) is 11.6. The zero-order valence-electron chi connectivity index (χ0n) is 10.7. The molecule has 4 heteroatoms. The van der Waals surface area contributed by atoms with Crippen LogP contribution in [-0.2, 0) is 4.79 Å². The molecule has 0 unspecified atom stereocenters. The van der Waals surface area contributed by atoms with Gasteiger partial charge in [-0.3, -0.25) is 4.79 Å². The van der Waals surface area contributed by atoms with Gasteiger partial charge in [0.05, 0.1) is 0 Å². The number of rotatable bonds is 7. The molecule has 0 bridgehead atoms. The first-order valence-corrected chi connectivity index (χ1v) is 6.79. The van der Waals surface area contributed by atoms with Crippen LogP contribution in [0.1, 0.15) is 57.8 Å². The van der Waals surface area contributed by atoms with Crippen LogP contribution < -0.4 is 11.1 Å². The molecule has 0 aromatic carbocycles. The molecule has 3 nitrogen and oxygen atoms in total. The van der Waals surface area contributed by atoms with E-state index in [4.69, 9.17) is 5.73 Å². The van der Waals surface area contributed by atoms with Crippen molar-refractivity contribution in [2.75, 3.05) is 13.1 Å². The van der Waals surface area contributed by atoms with Gasteiger partial charge in [0.1, 0.15) is 0 Å². The minimum atomic E-state index is 0. The summed E-state index contributed by atoms with van der Waals surface area (Å²) in [6.07, 6.45) is 10.9. The Morgan fingerprint density at radius 1 is 1.18 bits per heavy atom. The Morgan fingerprint density at radius 3 is 2.53 bits per heavy atom. The second-order valence-electron chi connectivity index (χ2n) is 4.89. The van der Waals surface area contributed by atoms with E-state index < -0.39 is 0 Å². The quantitative estimate of drug-likeness (QED) is 0.693. The predicted molar refractivity (Wildman–Crippen MR) is 74.4 cm³/mol. The van der Waals surface area contributed by atoms with E-state index in [1.807, 2.05) is 0 Å². The van der Waals surface area contributed by atoms with E-state index in [9.17, 15) is 4.79 Å². The monoisotopic (exact) mass is 262 g/mol. The van der Waals surface area contributed by atoms with Gasteiger partial charge in [0, 0.05) is 13.0 Å². The molecule has 1 aliphatic rings. The lowest BCUT2D eigenvalue weighted by Crippen LogP contribution is -2.25. The Kier molecular flexibility index (Phi) is 10.7. The van der Waals surface area contributed by atoms with Gasteiger partial charge < -0.3 is 11.1 Å². The van der Waals surface area contributed by atoms with Gasteiger partial charge in [0.15, 0.2) is 0 Å². The molecule has 1 amide bonds. The predicted octanol–water partition coefficient (Wildman–Crippen LogP) is 2.62. The van der Waals surface area contributed by atoms with Gasteiger partial charge >= 0.3 is 0 Å². The summed E-state index contributed by atoms with van der Waals surface area (Å²) < 4.78 is 0. The van der Waals surface area contributed by atoms with E-state index in [1.54, 1.807) is 0 Å². The number of halogens is 1. The number of carbonyl (C=O) groups excluding carboxylic acids is 1. The highest BCUT2D eigenvalue weighted by molar-refractivity contribution is 5.85. The van der Waals surface area contributed by atoms with Crippen LogP contribution in [0.4, 0.5) is 0 Å². The molecule has 1 rings (SSSR count). The number of hydrogen-bond acceptors (Lipinski definition) is 2. The first kappa shape index (κ1) is 16.7. The Morgan fingerprint density at radius 2 is 1.88 bits per heavy atom. The van der Waals surface area contributed by atoms with Crippen molar-refractivity contribution in [3.8, 4) is 0 Å². The van der Waals surface area contributed by atoms with Crippen LogP contribution in [0.15, 0.2) is 0 Å². The van der Waals surface area contributed by atoms with Crippen LogP contribution in [0, 0.1) is 5.92 Å². The zero-order valence-corrected chi connectivity index (χ0v) is 11.6. The number of nitrogens with two attached hydrogens (primary N) is 1. The SMILES string of the molecule is Cl.NCCCC(=O)NCCCC1CCCCC1. The molecule has 0 aromatic rings. The highest BCUT2D eigenvalue weighted by atomic mass is 35.5. The van der Waals surface area contributed by atoms with Crippen molar-refractivity contribution < 1.29 is 4.79 Å². The molecule has 0 heterocycles. The lowest BCUT2D eigenvalue weighted by atomic mass is 9.86. The number of nitrogens with one attached hydrogen (secondary N) is 1. The van der Waals surface area contributed by atoms with Crippen LogP contribution in [0.3, 0.4) is 0 Å². The molecular weight excluding hydrogens is 236 g/mol. The molecule has 0 radical (unpaired) electrons. The molecule has 0 atom stereocenters. The highest BCUT2D eigenvalue weighted by Crippen LogP contribution is 2.26. The summed E-state index contributed by atoms with van der Waals surface area (Å²) in [5.74, 6) is 1.09. The van der Waals surface area contributed by atoms with Crippen LogP contribution >= 0.6 is 12.4 Å². The van der Waals surface area contributed by atoms with Crippen molar-refractivity contribution in [3.63, 3.8) is 0 Å². The van der Waals surface area contributed by atoms with Gasteiger partial charge in [-0.05, 0) is 31.7 Å². The molecule has 0 saturated heterocycles. The summed E-state index contributed by atoms with van der Waals surface area (Å²) in [5, 5.41) is 2.96. The van der Waals surface area contributed by atoms with E-state index in [1.165, 1.54) is 38.5 Å². The van der Waals surface area contributed by atoms with Crippen LogP contribution in [0.5, 0.6) is 0 Å². The molecule has 1 fully saturated rings. The molecular formula is C13H27ClN2O. The van der Waals surface area contributed by atoms with Crippen molar-refractivity contribution in [2.24, 2.45) is 11.7 Å². The Hall–Kier alpha value is -0.280. The number of amides is 1. The third-order valence-corrected chi connectivity index (χ3v) is 3.44. The second kappa shape index (κ2) is 10.8. The molecule has 0 aromatic heterocycles. The largest absolute Gasteiger partial charge is 0.356 e. The molecule has 102 valence electrons. The van der Waals surface area contributed by atoms with Gasteiger partial charge in [-0.25, -0.2) is 0 Å². The fourth-order valence-corrected chi connectivity index (χ4v) is 2.45. The van der Waals surface area contributed by atoms with Gasteiger partial charge in [0.2, 0.25) is 5.91 Å². The lowest BCUT2D eigenvalue weighted by Gasteiger charge is -2.21. The standard InChI is InChI=1S/C13H26N2O.ClH/c14-10-4-9-13(16)15-11-5-8-12-6-2-1-3-7-12;/h12H,1-11,14H2,(H,15,16);1H. The third-order valence-electron chi connectivity index (χ3n) is 3.44. The molecule has 1 aliphatic carbocycles. The average Bonchev–Trinajstić information content (AvgIpc) is 2.33. The highest BCUT2D eigenvalue weighted by Gasteiger charge is 2.12. The van der Waals surface area contributed by atoms with E-state index in [0.717, 1.165) is 25.3 Å². The van der Waals surface area contributed by atoms with Crippen molar-refractivity contribution in [3.05, 3.63) is 0 Å². The van der Waals surface area contributed by atoms with Crippen LogP contribution in [0.25, 0.3) is 0 Å². The van der Waals surface area contributed by atoms with E-state index in [2.05, 4.69) is 5.32 Å². The molecule has 1 saturated carbocycles. The van der Waals surface area contributed by atoms with E-state index in [-0.39, 0.29) is 18.3 Å². The van der Waals surface area contributed by atoms with Crippen molar-refractivity contribution >= 4 is 18.3 Å². The minimum Gasteiger partial charge on any atom is -0.356 e. The Balaban J connectivity index is 0.00000256. The first-order chi connectivity index (χ1) is 7.83. The van der Waals surface area contributed by atoms with Gasteiger partial charge in [0.25, 0.3) is 0 Å². The molecule has 0 spiro atoms. The number of carbonyl (C=O) groups is 1.